The number of halogens is 1. The van der Waals surface area contributed by atoms with Crippen LogP contribution in [0.1, 0.15) is 43.2 Å². The Kier molecular flexibility index (Phi) is 10.1. The first-order chi connectivity index (χ1) is 12.2. The van der Waals surface area contributed by atoms with E-state index >= 15 is 0 Å². The van der Waals surface area contributed by atoms with Gasteiger partial charge < -0.3 is 19.9 Å². The van der Waals surface area contributed by atoms with Crippen LogP contribution in [0.15, 0.2) is 39.8 Å². The number of aryl methyl sites for hydroxylation is 1. The molecular formula is C19H29IN4O2. The third-order valence-electron chi connectivity index (χ3n) is 4.18. The lowest BCUT2D eigenvalue weighted by Gasteiger charge is -2.15. The highest BCUT2D eigenvalue weighted by Gasteiger charge is 2.07. The van der Waals surface area contributed by atoms with Crippen LogP contribution >= 0.6 is 24.0 Å². The second kappa shape index (κ2) is 11.8. The second-order valence-corrected chi connectivity index (χ2v) is 5.95. The van der Waals surface area contributed by atoms with E-state index in [1.54, 1.807) is 14.2 Å². The molecule has 1 heterocycles. The van der Waals surface area contributed by atoms with E-state index in [9.17, 15) is 0 Å². The molecule has 2 aromatic rings. The van der Waals surface area contributed by atoms with Crippen molar-refractivity contribution in [3.8, 4) is 5.75 Å². The molecule has 0 aliphatic rings. The molecule has 0 saturated heterocycles. The van der Waals surface area contributed by atoms with Crippen LogP contribution in [0, 0.1) is 0 Å². The number of methoxy groups -OCH3 is 1. The molecule has 0 aliphatic heterocycles. The summed E-state index contributed by atoms with van der Waals surface area (Å²) >= 11 is 0. The standard InChI is InChI=1S/C19H28N4O2.HI/c1-5-16-12-18(25-23-16)13-22-19(20-3)21-11-10-14(2)15-6-8-17(24-4)9-7-15;/h6-9,12,14H,5,10-11,13H2,1-4H3,(H2,20,21,22);1H. The minimum atomic E-state index is 0. The van der Waals surface area contributed by atoms with Gasteiger partial charge in [-0.15, -0.1) is 24.0 Å². The predicted molar refractivity (Wildman–Crippen MR) is 116 cm³/mol. The van der Waals surface area contributed by atoms with E-state index in [0.29, 0.717) is 12.5 Å². The number of hydrogen-bond acceptors (Lipinski definition) is 4. The molecule has 0 amide bonds. The van der Waals surface area contributed by atoms with Crippen molar-refractivity contribution in [3.63, 3.8) is 0 Å². The van der Waals surface area contributed by atoms with Gasteiger partial charge in [0.2, 0.25) is 0 Å². The average Bonchev–Trinajstić information content (AvgIpc) is 3.12. The van der Waals surface area contributed by atoms with Crippen molar-refractivity contribution in [3.05, 3.63) is 47.3 Å². The zero-order chi connectivity index (χ0) is 18.1. The summed E-state index contributed by atoms with van der Waals surface area (Å²) in [4.78, 5) is 4.24. The SMILES string of the molecule is CCc1cc(CNC(=NC)NCCC(C)c2ccc(OC)cc2)on1.I. The Morgan fingerprint density at radius 1 is 1.27 bits per heavy atom. The summed E-state index contributed by atoms with van der Waals surface area (Å²) in [6, 6.07) is 10.2. The monoisotopic (exact) mass is 472 g/mol. The Hall–Kier alpha value is -1.77. The zero-order valence-electron chi connectivity index (χ0n) is 15.9. The van der Waals surface area contributed by atoms with Gasteiger partial charge in [0.25, 0.3) is 0 Å². The van der Waals surface area contributed by atoms with Gasteiger partial charge in [-0.1, -0.05) is 31.1 Å². The van der Waals surface area contributed by atoms with Crippen molar-refractivity contribution in [2.24, 2.45) is 4.99 Å². The Morgan fingerprint density at radius 3 is 2.58 bits per heavy atom. The Morgan fingerprint density at radius 2 is 2.00 bits per heavy atom. The molecule has 1 unspecified atom stereocenters. The molecule has 0 spiro atoms. The van der Waals surface area contributed by atoms with E-state index in [4.69, 9.17) is 9.26 Å². The number of aliphatic imine (C=N–C) groups is 1. The Bertz CT molecular complexity index is 670. The molecule has 1 atom stereocenters. The summed E-state index contributed by atoms with van der Waals surface area (Å²) in [5.74, 6) is 2.91. The van der Waals surface area contributed by atoms with E-state index in [0.717, 1.165) is 42.5 Å². The normalized spacial score (nSPS) is 12.2. The van der Waals surface area contributed by atoms with E-state index in [-0.39, 0.29) is 24.0 Å². The van der Waals surface area contributed by atoms with Gasteiger partial charge in [-0.3, -0.25) is 4.99 Å². The predicted octanol–water partition coefficient (Wildman–Crippen LogP) is 3.72. The molecule has 0 radical (unpaired) electrons. The highest BCUT2D eigenvalue weighted by molar-refractivity contribution is 14.0. The Balaban J connectivity index is 0.00000338. The minimum Gasteiger partial charge on any atom is -0.497 e. The average molecular weight is 472 g/mol. The first-order valence-electron chi connectivity index (χ1n) is 8.69. The number of hydrogen-bond donors (Lipinski definition) is 2. The van der Waals surface area contributed by atoms with Crippen molar-refractivity contribution < 1.29 is 9.26 Å². The molecule has 0 saturated carbocycles. The summed E-state index contributed by atoms with van der Waals surface area (Å²) in [6.07, 6.45) is 1.88. The molecule has 7 heteroatoms. The van der Waals surface area contributed by atoms with E-state index in [1.807, 2.05) is 18.2 Å². The van der Waals surface area contributed by atoms with Gasteiger partial charge in [0.1, 0.15) is 5.75 Å². The first kappa shape index (κ1) is 22.3. The number of rotatable bonds is 8. The maximum absolute atomic E-state index is 5.26. The fourth-order valence-electron chi connectivity index (χ4n) is 2.50. The molecule has 1 aromatic heterocycles. The van der Waals surface area contributed by atoms with Gasteiger partial charge in [-0.05, 0) is 36.5 Å². The van der Waals surface area contributed by atoms with Gasteiger partial charge in [0.15, 0.2) is 11.7 Å². The number of benzene rings is 1. The maximum atomic E-state index is 5.26. The van der Waals surface area contributed by atoms with Crippen LogP contribution in [0.3, 0.4) is 0 Å². The minimum absolute atomic E-state index is 0. The van der Waals surface area contributed by atoms with Gasteiger partial charge >= 0.3 is 0 Å². The number of ether oxygens (including phenoxy) is 1. The van der Waals surface area contributed by atoms with Crippen LogP contribution in [0.2, 0.25) is 0 Å². The molecule has 144 valence electrons. The number of aromatic nitrogens is 1. The summed E-state index contributed by atoms with van der Waals surface area (Å²) in [5, 5.41) is 10.6. The summed E-state index contributed by atoms with van der Waals surface area (Å²) < 4.78 is 10.5. The number of nitrogens with one attached hydrogen (secondary N) is 2. The van der Waals surface area contributed by atoms with Crippen LogP contribution in [0.5, 0.6) is 5.75 Å². The van der Waals surface area contributed by atoms with E-state index < -0.39 is 0 Å². The highest BCUT2D eigenvalue weighted by atomic mass is 127. The highest BCUT2D eigenvalue weighted by Crippen LogP contribution is 2.21. The lowest BCUT2D eigenvalue weighted by Crippen LogP contribution is -2.37. The van der Waals surface area contributed by atoms with Crippen LogP contribution in [0.25, 0.3) is 0 Å². The van der Waals surface area contributed by atoms with Crippen LogP contribution in [0.4, 0.5) is 0 Å². The molecule has 6 nitrogen and oxygen atoms in total. The van der Waals surface area contributed by atoms with Crippen molar-refractivity contribution in [2.75, 3.05) is 20.7 Å². The third kappa shape index (κ3) is 6.86. The topological polar surface area (TPSA) is 71.7 Å². The van der Waals surface area contributed by atoms with Gasteiger partial charge in [0.05, 0.1) is 19.3 Å². The van der Waals surface area contributed by atoms with Crippen LogP contribution in [-0.2, 0) is 13.0 Å². The van der Waals surface area contributed by atoms with Gasteiger partial charge in [-0.25, -0.2) is 0 Å². The molecule has 2 N–H and O–H groups in total. The van der Waals surface area contributed by atoms with Crippen molar-refractivity contribution in [1.82, 2.24) is 15.8 Å². The van der Waals surface area contributed by atoms with Crippen molar-refractivity contribution in [1.29, 1.82) is 0 Å². The maximum Gasteiger partial charge on any atom is 0.191 e. The molecule has 2 rings (SSSR count). The first-order valence-corrected chi connectivity index (χ1v) is 8.69. The fraction of sp³-hybridized carbons (Fsp3) is 0.474. The molecule has 26 heavy (non-hydrogen) atoms. The van der Waals surface area contributed by atoms with Crippen molar-refractivity contribution >= 4 is 29.9 Å². The van der Waals surface area contributed by atoms with E-state index in [2.05, 4.69) is 46.8 Å². The fourth-order valence-corrected chi connectivity index (χ4v) is 2.50. The lowest BCUT2D eigenvalue weighted by molar-refractivity contribution is 0.374. The van der Waals surface area contributed by atoms with Crippen LogP contribution < -0.4 is 15.4 Å². The Labute approximate surface area is 172 Å². The smallest absolute Gasteiger partial charge is 0.191 e. The molecule has 0 aliphatic carbocycles. The largest absolute Gasteiger partial charge is 0.497 e. The quantitative estimate of drug-likeness (QED) is 0.348. The molecule has 1 aromatic carbocycles. The number of nitrogens with zero attached hydrogens (tertiary/aromatic N) is 2. The third-order valence-corrected chi connectivity index (χ3v) is 4.18. The molecule has 0 fully saturated rings. The van der Waals surface area contributed by atoms with Crippen molar-refractivity contribution in [2.45, 2.75) is 39.2 Å². The number of guanidine groups is 1. The van der Waals surface area contributed by atoms with E-state index in [1.165, 1.54) is 5.56 Å². The van der Waals surface area contributed by atoms with Gasteiger partial charge in [0, 0.05) is 19.7 Å². The van der Waals surface area contributed by atoms with Gasteiger partial charge in [-0.2, -0.15) is 0 Å². The summed E-state index contributed by atoms with van der Waals surface area (Å²) in [5.41, 5.74) is 2.27. The molecule has 0 bridgehead atoms. The molecular weight excluding hydrogens is 443 g/mol. The summed E-state index contributed by atoms with van der Waals surface area (Å²) in [6.45, 7) is 5.68. The van der Waals surface area contributed by atoms with Crippen LogP contribution in [-0.4, -0.2) is 31.8 Å². The zero-order valence-corrected chi connectivity index (χ0v) is 18.2. The second-order valence-electron chi connectivity index (χ2n) is 5.95. The summed E-state index contributed by atoms with van der Waals surface area (Å²) in [7, 11) is 3.45. The lowest BCUT2D eigenvalue weighted by atomic mass is 9.98.